The molecule has 0 amide bonds. The van der Waals surface area contributed by atoms with Gasteiger partial charge in [0.1, 0.15) is 11.5 Å². The van der Waals surface area contributed by atoms with Crippen LogP contribution in [-0.4, -0.2) is 19.2 Å². The molecule has 3 aromatic carbocycles. The third kappa shape index (κ3) is 3.60. The second-order valence-electron chi connectivity index (χ2n) is 6.35. The molecule has 0 saturated carbocycles. The number of hydrogen-bond donors (Lipinski definition) is 1. The van der Waals surface area contributed by atoms with Crippen LogP contribution in [0.5, 0.6) is 11.5 Å². The number of azo groups is 1. The van der Waals surface area contributed by atoms with Crippen molar-refractivity contribution in [2.75, 3.05) is 14.2 Å². The number of rotatable bonds is 6. The molecule has 28 heavy (non-hydrogen) atoms. The van der Waals surface area contributed by atoms with Crippen LogP contribution in [0.25, 0.3) is 22.2 Å². The van der Waals surface area contributed by atoms with Gasteiger partial charge in [-0.25, -0.2) is 0 Å². The molecule has 5 heteroatoms. The highest BCUT2D eigenvalue weighted by molar-refractivity contribution is 5.91. The molecule has 0 bridgehead atoms. The van der Waals surface area contributed by atoms with Crippen LogP contribution < -0.4 is 9.47 Å². The average Bonchev–Trinajstić information content (AvgIpc) is 3.12. The predicted molar refractivity (Wildman–Crippen MR) is 112 cm³/mol. The van der Waals surface area contributed by atoms with Crippen LogP contribution in [-0.2, 0) is 6.54 Å². The molecular formula is C23H21N3O2. The number of methoxy groups -OCH3 is 2. The van der Waals surface area contributed by atoms with Gasteiger partial charge < -0.3 is 14.5 Å². The fraction of sp³-hybridized carbons (Fsp3) is 0.130. The fourth-order valence-corrected chi connectivity index (χ4v) is 3.21. The number of aromatic amines is 1. The van der Waals surface area contributed by atoms with Gasteiger partial charge in [-0.05, 0) is 54.1 Å². The van der Waals surface area contributed by atoms with Crippen molar-refractivity contribution in [3.8, 4) is 22.8 Å². The number of fused-ring (bicyclic) bond motifs is 1. The quantitative estimate of drug-likeness (QED) is 0.414. The lowest BCUT2D eigenvalue weighted by atomic mass is 10.1. The average molecular weight is 371 g/mol. The molecule has 140 valence electrons. The Morgan fingerprint density at radius 1 is 0.821 bits per heavy atom. The molecule has 0 aliphatic carbocycles. The van der Waals surface area contributed by atoms with Gasteiger partial charge in [0.25, 0.3) is 0 Å². The van der Waals surface area contributed by atoms with E-state index in [4.69, 9.17) is 9.47 Å². The summed E-state index contributed by atoms with van der Waals surface area (Å²) in [5, 5.41) is 9.91. The minimum atomic E-state index is 0.475. The van der Waals surface area contributed by atoms with Crippen molar-refractivity contribution in [1.29, 1.82) is 0 Å². The zero-order valence-corrected chi connectivity index (χ0v) is 15.8. The minimum absolute atomic E-state index is 0.475. The molecule has 0 aliphatic heterocycles. The summed E-state index contributed by atoms with van der Waals surface area (Å²) in [5.74, 6) is 1.64. The Balaban J connectivity index is 1.75. The lowest BCUT2D eigenvalue weighted by Crippen LogP contribution is -1.87. The summed E-state index contributed by atoms with van der Waals surface area (Å²) in [6.45, 7) is 0.475. The van der Waals surface area contributed by atoms with E-state index in [9.17, 15) is 0 Å². The van der Waals surface area contributed by atoms with E-state index in [2.05, 4.69) is 21.3 Å². The summed E-state index contributed by atoms with van der Waals surface area (Å²) in [4.78, 5) is 3.52. The Morgan fingerprint density at radius 3 is 2.25 bits per heavy atom. The third-order valence-corrected chi connectivity index (χ3v) is 4.66. The van der Waals surface area contributed by atoms with Crippen molar-refractivity contribution in [3.63, 3.8) is 0 Å². The van der Waals surface area contributed by atoms with Crippen molar-refractivity contribution >= 4 is 16.6 Å². The lowest BCUT2D eigenvalue weighted by Gasteiger charge is -2.04. The molecule has 0 radical (unpaired) electrons. The Kier molecular flexibility index (Phi) is 5.06. The Hall–Kier alpha value is -3.60. The number of nitrogens with one attached hydrogen (secondary N) is 1. The summed E-state index contributed by atoms with van der Waals surface area (Å²) >= 11 is 0. The maximum atomic E-state index is 5.37. The first-order valence-corrected chi connectivity index (χ1v) is 9.04. The number of H-pyrrole nitrogens is 1. The van der Waals surface area contributed by atoms with E-state index in [0.29, 0.717) is 6.54 Å². The normalized spacial score (nSPS) is 11.2. The van der Waals surface area contributed by atoms with E-state index in [1.165, 1.54) is 0 Å². The van der Waals surface area contributed by atoms with Gasteiger partial charge in [0.15, 0.2) is 0 Å². The van der Waals surface area contributed by atoms with Gasteiger partial charge in [-0.1, -0.05) is 18.2 Å². The van der Waals surface area contributed by atoms with Gasteiger partial charge in [0.2, 0.25) is 0 Å². The van der Waals surface area contributed by atoms with E-state index >= 15 is 0 Å². The molecule has 4 rings (SSSR count). The number of hydrogen-bond acceptors (Lipinski definition) is 4. The van der Waals surface area contributed by atoms with Gasteiger partial charge in [-0.15, -0.1) is 0 Å². The standard InChI is InChI=1S/C23H21N3O2/c1-27-18-10-8-16(9-11-18)23-21(15-24-26-17-6-4-3-5-7-17)20-13-12-19(28-2)14-22(20)25-23/h3-14,25H,15H2,1-2H3. The smallest absolute Gasteiger partial charge is 0.120 e. The largest absolute Gasteiger partial charge is 0.497 e. The van der Waals surface area contributed by atoms with E-state index in [1.807, 2.05) is 66.7 Å². The Bertz CT molecular complexity index is 1100. The molecule has 0 saturated heterocycles. The van der Waals surface area contributed by atoms with Crippen LogP contribution in [0.15, 0.2) is 83.0 Å². The van der Waals surface area contributed by atoms with Gasteiger partial charge >= 0.3 is 0 Å². The zero-order chi connectivity index (χ0) is 19.3. The molecule has 1 aromatic heterocycles. The van der Waals surface area contributed by atoms with E-state index < -0.39 is 0 Å². The molecule has 1 heterocycles. The second-order valence-corrected chi connectivity index (χ2v) is 6.35. The first-order valence-electron chi connectivity index (χ1n) is 9.04. The van der Waals surface area contributed by atoms with Crippen LogP contribution in [0.1, 0.15) is 5.56 Å². The van der Waals surface area contributed by atoms with Crippen LogP contribution >= 0.6 is 0 Å². The number of nitrogens with zero attached hydrogens (tertiary/aromatic N) is 2. The fourth-order valence-electron chi connectivity index (χ4n) is 3.21. The first kappa shape index (κ1) is 17.8. The third-order valence-electron chi connectivity index (χ3n) is 4.66. The molecule has 0 fully saturated rings. The first-order chi connectivity index (χ1) is 13.8. The summed E-state index contributed by atoms with van der Waals surface area (Å²) in [6.07, 6.45) is 0. The lowest BCUT2D eigenvalue weighted by molar-refractivity contribution is 0.415. The Morgan fingerprint density at radius 2 is 1.54 bits per heavy atom. The highest BCUT2D eigenvalue weighted by atomic mass is 16.5. The molecule has 0 aliphatic rings. The van der Waals surface area contributed by atoms with Gasteiger partial charge in [-0.2, -0.15) is 10.2 Å². The number of benzene rings is 3. The highest BCUT2D eigenvalue weighted by Crippen LogP contribution is 2.34. The van der Waals surface area contributed by atoms with Crippen LogP contribution in [0, 0.1) is 0 Å². The summed E-state index contributed by atoms with van der Waals surface area (Å²) in [7, 11) is 3.34. The van der Waals surface area contributed by atoms with Crippen LogP contribution in [0.4, 0.5) is 5.69 Å². The monoisotopic (exact) mass is 371 g/mol. The van der Waals surface area contributed by atoms with E-state index in [-0.39, 0.29) is 0 Å². The SMILES string of the molecule is COc1ccc(-c2[nH]c3cc(OC)ccc3c2CN=Nc2ccccc2)cc1. The molecule has 5 nitrogen and oxygen atoms in total. The number of ether oxygens (including phenoxy) is 2. The van der Waals surface area contributed by atoms with Crippen molar-refractivity contribution in [2.45, 2.75) is 6.54 Å². The van der Waals surface area contributed by atoms with Crippen LogP contribution in [0.2, 0.25) is 0 Å². The second kappa shape index (κ2) is 7.96. The van der Waals surface area contributed by atoms with Crippen molar-refractivity contribution in [3.05, 3.63) is 78.4 Å². The topological polar surface area (TPSA) is 59.0 Å². The zero-order valence-electron chi connectivity index (χ0n) is 15.8. The minimum Gasteiger partial charge on any atom is -0.497 e. The Labute approximate surface area is 163 Å². The predicted octanol–water partition coefficient (Wildman–Crippen LogP) is 6.14. The molecule has 0 atom stereocenters. The summed E-state index contributed by atoms with van der Waals surface area (Å²) < 4.78 is 10.6. The van der Waals surface area contributed by atoms with Crippen molar-refractivity contribution in [2.24, 2.45) is 10.2 Å². The molecule has 0 unspecified atom stereocenters. The van der Waals surface area contributed by atoms with Gasteiger partial charge in [-0.3, -0.25) is 0 Å². The van der Waals surface area contributed by atoms with E-state index in [0.717, 1.165) is 44.9 Å². The maximum absolute atomic E-state index is 5.37. The van der Waals surface area contributed by atoms with Gasteiger partial charge in [0.05, 0.1) is 32.1 Å². The summed E-state index contributed by atoms with van der Waals surface area (Å²) in [6, 6.07) is 23.8. The maximum Gasteiger partial charge on any atom is 0.120 e. The van der Waals surface area contributed by atoms with E-state index in [1.54, 1.807) is 14.2 Å². The molecule has 4 aromatic rings. The van der Waals surface area contributed by atoms with Crippen molar-refractivity contribution < 1.29 is 9.47 Å². The van der Waals surface area contributed by atoms with Gasteiger partial charge in [0, 0.05) is 22.5 Å². The summed E-state index contributed by atoms with van der Waals surface area (Å²) in [5.41, 5.74) is 5.05. The van der Waals surface area contributed by atoms with Crippen molar-refractivity contribution in [1.82, 2.24) is 4.98 Å². The highest BCUT2D eigenvalue weighted by Gasteiger charge is 2.14. The number of aromatic nitrogens is 1. The molecule has 1 N–H and O–H groups in total. The molecule has 0 spiro atoms. The van der Waals surface area contributed by atoms with Crippen LogP contribution in [0.3, 0.4) is 0 Å². The molecular weight excluding hydrogens is 350 g/mol.